The van der Waals surface area contributed by atoms with Crippen LogP contribution in [0, 0.1) is 5.92 Å². The van der Waals surface area contributed by atoms with Crippen molar-refractivity contribution >= 4 is 12.0 Å². The maximum Gasteiger partial charge on any atom is 0.314 e. The number of nitrogens with one attached hydrogen (secondary N) is 2. The molecule has 0 bridgehead atoms. The number of hydrogen-bond acceptors (Lipinski definition) is 3. The zero-order chi connectivity index (χ0) is 13.4. The smallest absolute Gasteiger partial charge is 0.314 e. The van der Waals surface area contributed by atoms with E-state index in [1.54, 1.807) is 19.4 Å². The molecule has 0 saturated carbocycles. The van der Waals surface area contributed by atoms with Crippen LogP contribution in [0.2, 0.25) is 0 Å². The van der Waals surface area contributed by atoms with Gasteiger partial charge in [-0.1, -0.05) is 6.92 Å². The lowest BCUT2D eigenvalue weighted by Gasteiger charge is -2.09. The van der Waals surface area contributed by atoms with E-state index in [4.69, 9.17) is 5.11 Å². The molecular weight excluding hydrogens is 236 g/mol. The number of nitrogens with zero attached hydrogens (tertiary/aromatic N) is 2. The van der Waals surface area contributed by atoms with E-state index in [-0.39, 0.29) is 6.03 Å². The largest absolute Gasteiger partial charge is 0.481 e. The number of urea groups is 1. The molecule has 1 atom stereocenters. The molecule has 3 N–H and O–H groups in total. The summed E-state index contributed by atoms with van der Waals surface area (Å²) in [5.74, 6) is -1.30. The van der Waals surface area contributed by atoms with Gasteiger partial charge >= 0.3 is 12.0 Å². The third-order valence-corrected chi connectivity index (χ3v) is 2.50. The Hall–Kier alpha value is -2.05. The predicted octanol–water partition coefficient (Wildman–Crippen LogP) is 0.293. The molecule has 0 spiro atoms. The molecule has 0 radical (unpaired) electrons. The van der Waals surface area contributed by atoms with Crippen LogP contribution in [0.5, 0.6) is 0 Å². The highest BCUT2D eigenvalue weighted by molar-refractivity contribution is 5.74. The van der Waals surface area contributed by atoms with Crippen molar-refractivity contribution in [1.29, 1.82) is 0 Å². The van der Waals surface area contributed by atoms with Crippen LogP contribution in [0.25, 0.3) is 0 Å². The second-order valence-electron chi connectivity index (χ2n) is 4.01. The van der Waals surface area contributed by atoms with Gasteiger partial charge in [0.15, 0.2) is 0 Å². The maximum atomic E-state index is 11.3. The third-order valence-electron chi connectivity index (χ3n) is 2.50. The van der Waals surface area contributed by atoms with Gasteiger partial charge in [0.1, 0.15) is 0 Å². The molecule has 7 heteroatoms. The van der Waals surface area contributed by atoms with E-state index in [2.05, 4.69) is 15.6 Å². The minimum Gasteiger partial charge on any atom is -0.481 e. The van der Waals surface area contributed by atoms with Crippen molar-refractivity contribution in [3.63, 3.8) is 0 Å². The standard InChI is InChI=1S/C11H18N4O3/c1-9(10(16)17)2-3-13-11(18)14-5-7-15-6-4-12-8-15/h4,6,8-9H,2-3,5,7H2,1H3,(H,16,17)(H2,13,14,18). The molecule has 1 aromatic heterocycles. The number of aromatic nitrogens is 2. The average Bonchev–Trinajstić information content (AvgIpc) is 2.81. The molecule has 0 fully saturated rings. The first-order valence-electron chi connectivity index (χ1n) is 5.80. The Kier molecular flexibility index (Phi) is 5.69. The van der Waals surface area contributed by atoms with Crippen molar-refractivity contribution in [3.8, 4) is 0 Å². The summed E-state index contributed by atoms with van der Waals surface area (Å²) in [6, 6.07) is -0.285. The van der Waals surface area contributed by atoms with Crippen LogP contribution < -0.4 is 10.6 Å². The molecule has 1 heterocycles. The van der Waals surface area contributed by atoms with Crippen molar-refractivity contribution in [3.05, 3.63) is 18.7 Å². The second kappa shape index (κ2) is 7.31. The van der Waals surface area contributed by atoms with E-state index < -0.39 is 11.9 Å². The van der Waals surface area contributed by atoms with Gasteiger partial charge in [-0.25, -0.2) is 9.78 Å². The molecule has 0 aliphatic rings. The summed E-state index contributed by atoms with van der Waals surface area (Å²) in [4.78, 5) is 25.8. The van der Waals surface area contributed by atoms with E-state index in [1.165, 1.54) is 0 Å². The van der Waals surface area contributed by atoms with Crippen molar-refractivity contribution in [2.75, 3.05) is 13.1 Å². The Balaban J connectivity index is 2.05. The van der Waals surface area contributed by atoms with Crippen molar-refractivity contribution < 1.29 is 14.7 Å². The average molecular weight is 254 g/mol. The number of carboxylic acid groups (broad SMARTS) is 1. The van der Waals surface area contributed by atoms with Gasteiger partial charge in [0.05, 0.1) is 12.2 Å². The molecule has 0 aliphatic carbocycles. The number of carbonyl (C=O) groups is 2. The van der Waals surface area contributed by atoms with Gasteiger partial charge in [-0.05, 0) is 6.42 Å². The summed E-state index contributed by atoms with van der Waals surface area (Å²) in [5.41, 5.74) is 0. The van der Waals surface area contributed by atoms with Crippen LogP contribution in [-0.2, 0) is 11.3 Å². The number of carboxylic acids is 1. The first-order valence-corrected chi connectivity index (χ1v) is 5.80. The summed E-state index contributed by atoms with van der Waals surface area (Å²) in [6.07, 6.45) is 5.58. The predicted molar refractivity (Wildman–Crippen MR) is 65.0 cm³/mol. The zero-order valence-corrected chi connectivity index (χ0v) is 10.3. The molecule has 100 valence electrons. The first kappa shape index (κ1) is 14.0. The Morgan fingerprint density at radius 1 is 1.39 bits per heavy atom. The van der Waals surface area contributed by atoms with Gasteiger partial charge in [0, 0.05) is 32.0 Å². The topological polar surface area (TPSA) is 96.3 Å². The highest BCUT2D eigenvalue weighted by Gasteiger charge is 2.10. The van der Waals surface area contributed by atoms with Crippen molar-refractivity contribution in [1.82, 2.24) is 20.2 Å². The van der Waals surface area contributed by atoms with Crippen LogP contribution in [0.1, 0.15) is 13.3 Å². The fourth-order valence-corrected chi connectivity index (χ4v) is 1.31. The van der Waals surface area contributed by atoms with Gasteiger partial charge in [-0.15, -0.1) is 0 Å². The third kappa shape index (κ3) is 5.33. The summed E-state index contributed by atoms with van der Waals surface area (Å²) < 4.78 is 1.85. The number of aliphatic carboxylic acids is 1. The maximum absolute atomic E-state index is 11.3. The minimum absolute atomic E-state index is 0.285. The Morgan fingerprint density at radius 2 is 2.11 bits per heavy atom. The number of carbonyl (C=O) groups excluding carboxylic acids is 1. The van der Waals surface area contributed by atoms with Gasteiger partial charge in [0.2, 0.25) is 0 Å². The molecule has 0 aliphatic heterocycles. The van der Waals surface area contributed by atoms with Crippen LogP contribution in [0.3, 0.4) is 0 Å². The van der Waals surface area contributed by atoms with E-state index in [1.807, 2.05) is 10.8 Å². The number of imidazole rings is 1. The first-order chi connectivity index (χ1) is 8.59. The Bertz CT molecular complexity index is 378. The highest BCUT2D eigenvalue weighted by Crippen LogP contribution is 1.99. The zero-order valence-electron chi connectivity index (χ0n) is 10.3. The van der Waals surface area contributed by atoms with Crippen LogP contribution >= 0.6 is 0 Å². The molecule has 0 aromatic carbocycles. The Labute approximate surface area is 105 Å². The molecule has 0 saturated heterocycles. The molecule has 1 unspecified atom stereocenters. The lowest BCUT2D eigenvalue weighted by molar-refractivity contribution is -0.141. The highest BCUT2D eigenvalue weighted by atomic mass is 16.4. The van der Waals surface area contributed by atoms with Crippen LogP contribution in [-0.4, -0.2) is 39.7 Å². The summed E-state index contributed by atoms with van der Waals surface area (Å²) in [7, 11) is 0. The van der Waals surface area contributed by atoms with Crippen molar-refractivity contribution in [2.45, 2.75) is 19.9 Å². The second-order valence-corrected chi connectivity index (χ2v) is 4.01. The SMILES string of the molecule is CC(CCNC(=O)NCCn1ccnc1)C(=O)O. The lowest BCUT2D eigenvalue weighted by Crippen LogP contribution is -2.38. The van der Waals surface area contributed by atoms with Gasteiger partial charge in [-0.3, -0.25) is 4.79 Å². The van der Waals surface area contributed by atoms with E-state index in [0.717, 1.165) is 0 Å². The fourth-order valence-electron chi connectivity index (χ4n) is 1.31. The molecule has 18 heavy (non-hydrogen) atoms. The van der Waals surface area contributed by atoms with Crippen molar-refractivity contribution in [2.24, 2.45) is 5.92 Å². The summed E-state index contributed by atoms with van der Waals surface area (Å²) in [5, 5.41) is 13.9. The number of rotatable bonds is 7. The molecule has 7 nitrogen and oxygen atoms in total. The van der Waals surface area contributed by atoms with Crippen LogP contribution in [0.15, 0.2) is 18.7 Å². The molecule has 1 aromatic rings. The summed E-state index contributed by atoms with van der Waals surface area (Å²) in [6.45, 7) is 3.11. The summed E-state index contributed by atoms with van der Waals surface area (Å²) >= 11 is 0. The molecular formula is C11H18N4O3. The van der Waals surface area contributed by atoms with E-state index in [9.17, 15) is 9.59 Å². The number of amides is 2. The Morgan fingerprint density at radius 3 is 2.72 bits per heavy atom. The van der Waals surface area contributed by atoms with Gasteiger partial charge < -0.3 is 20.3 Å². The van der Waals surface area contributed by atoms with Gasteiger partial charge in [0.25, 0.3) is 0 Å². The quantitative estimate of drug-likeness (QED) is 0.651. The number of hydrogen-bond donors (Lipinski definition) is 3. The minimum atomic E-state index is -0.850. The molecule has 1 rings (SSSR count). The lowest BCUT2D eigenvalue weighted by atomic mass is 10.1. The fraction of sp³-hybridized carbons (Fsp3) is 0.545. The monoisotopic (exact) mass is 254 g/mol. The normalized spacial score (nSPS) is 11.8. The van der Waals surface area contributed by atoms with Gasteiger partial charge in [-0.2, -0.15) is 0 Å². The van der Waals surface area contributed by atoms with Crippen LogP contribution in [0.4, 0.5) is 4.79 Å². The van der Waals surface area contributed by atoms with E-state index >= 15 is 0 Å². The van der Waals surface area contributed by atoms with E-state index in [0.29, 0.717) is 26.1 Å². The molecule has 2 amide bonds.